The van der Waals surface area contributed by atoms with Crippen molar-refractivity contribution in [2.24, 2.45) is 5.92 Å². The molecule has 0 aliphatic heterocycles. The topological polar surface area (TPSA) is 70.6 Å². The Morgan fingerprint density at radius 3 is 2.52 bits per heavy atom. The highest BCUT2D eigenvalue weighted by atomic mass is 16.5. The Bertz CT molecular complexity index is 418. The Morgan fingerprint density at radius 1 is 1.24 bits per heavy atom. The number of aliphatic hydroxyl groups excluding tert-OH is 1. The summed E-state index contributed by atoms with van der Waals surface area (Å²) in [6.07, 6.45) is -0.649. The summed E-state index contributed by atoms with van der Waals surface area (Å²) in [5.74, 6) is 1.10. The molecule has 118 valence electrons. The van der Waals surface area contributed by atoms with E-state index in [1.807, 2.05) is 45.0 Å². The monoisotopic (exact) mass is 294 g/mol. The largest absolute Gasteiger partial charge is 0.491 e. The molecule has 0 aliphatic carbocycles. The van der Waals surface area contributed by atoms with Crippen molar-refractivity contribution in [2.45, 2.75) is 26.9 Å². The van der Waals surface area contributed by atoms with Crippen molar-refractivity contribution in [1.29, 1.82) is 0 Å². The average molecular weight is 294 g/mol. The van der Waals surface area contributed by atoms with Gasteiger partial charge in [-0.3, -0.25) is 4.79 Å². The van der Waals surface area contributed by atoms with E-state index in [0.717, 1.165) is 11.3 Å². The van der Waals surface area contributed by atoms with E-state index in [2.05, 4.69) is 10.6 Å². The van der Waals surface area contributed by atoms with Gasteiger partial charge in [0.2, 0.25) is 5.91 Å². The third-order valence-electron chi connectivity index (χ3n) is 2.84. The van der Waals surface area contributed by atoms with Crippen LogP contribution in [0, 0.1) is 12.8 Å². The lowest BCUT2D eigenvalue weighted by Crippen LogP contribution is -2.39. The molecule has 5 nitrogen and oxygen atoms in total. The second kappa shape index (κ2) is 9.37. The Balaban J connectivity index is 2.12. The third kappa shape index (κ3) is 8.32. The van der Waals surface area contributed by atoms with Gasteiger partial charge in [-0.15, -0.1) is 0 Å². The molecule has 0 radical (unpaired) electrons. The van der Waals surface area contributed by atoms with E-state index < -0.39 is 6.10 Å². The molecular weight excluding hydrogens is 268 g/mol. The number of hydrogen-bond donors (Lipinski definition) is 3. The van der Waals surface area contributed by atoms with Crippen LogP contribution < -0.4 is 15.4 Å². The quantitative estimate of drug-likeness (QED) is 0.638. The number of hydrogen-bond acceptors (Lipinski definition) is 4. The maximum Gasteiger partial charge on any atom is 0.233 e. The van der Waals surface area contributed by atoms with Gasteiger partial charge in [-0.05, 0) is 25.0 Å². The summed E-state index contributed by atoms with van der Waals surface area (Å²) in [6.45, 7) is 7.48. The second-order valence-corrected chi connectivity index (χ2v) is 5.61. The van der Waals surface area contributed by atoms with Gasteiger partial charge in [0.25, 0.3) is 0 Å². The molecular formula is C16H26N2O3. The van der Waals surface area contributed by atoms with Crippen LogP contribution in [0.25, 0.3) is 0 Å². The highest BCUT2D eigenvalue weighted by Gasteiger charge is 2.07. The van der Waals surface area contributed by atoms with Crippen molar-refractivity contribution in [3.05, 3.63) is 29.8 Å². The van der Waals surface area contributed by atoms with Crippen molar-refractivity contribution in [1.82, 2.24) is 10.6 Å². The van der Waals surface area contributed by atoms with E-state index in [0.29, 0.717) is 19.0 Å². The van der Waals surface area contributed by atoms with E-state index in [4.69, 9.17) is 4.74 Å². The van der Waals surface area contributed by atoms with Crippen LogP contribution in [-0.4, -0.2) is 43.4 Å². The number of aliphatic hydroxyl groups is 1. The van der Waals surface area contributed by atoms with Gasteiger partial charge in [-0.2, -0.15) is 0 Å². The lowest BCUT2D eigenvalue weighted by atomic mass is 10.2. The Morgan fingerprint density at radius 2 is 1.90 bits per heavy atom. The first kappa shape index (κ1) is 17.5. The van der Waals surface area contributed by atoms with Gasteiger partial charge in [0.15, 0.2) is 0 Å². The number of carbonyl (C=O) groups is 1. The molecule has 1 unspecified atom stereocenters. The first-order chi connectivity index (χ1) is 9.97. The van der Waals surface area contributed by atoms with Crippen LogP contribution in [0.2, 0.25) is 0 Å². The number of rotatable bonds is 9. The highest BCUT2D eigenvalue weighted by molar-refractivity contribution is 5.77. The molecule has 5 heteroatoms. The maximum absolute atomic E-state index is 11.5. The minimum Gasteiger partial charge on any atom is -0.491 e. The van der Waals surface area contributed by atoms with Crippen molar-refractivity contribution < 1.29 is 14.6 Å². The van der Waals surface area contributed by atoms with Gasteiger partial charge in [0.05, 0.1) is 6.54 Å². The van der Waals surface area contributed by atoms with Gasteiger partial charge in [-0.1, -0.05) is 31.5 Å². The minimum absolute atomic E-state index is 0.0599. The molecule has 1 atom stereocenters. The van der Waals surface area contributed by atoms with Gasteiger partial charge in [-0.25, -0.2) is 0 Å². The SMILES string of the molecule is Cc1ccc(OCC(O)CNCC(=O)NCC(C)C)cc1. The molecule has 0 aromatic heterocycles. The molecule has 0 heterocycles. The molecule has 0 fully saturated rings. The van der Waals surface area contributed by atoms with Gasteiger partial charge < -0.3 is 20.5 Å². The maximum atomic E-state index is 11.5. The fourth-order valence-electron chi connectivity index (χ4n) is 1.62. The van der Waals surface area contributed by atoms with E-state index in [9.17, 15) is 9.90 Å². The zero-order chi connectivity index (χ0) is 15.7. The molecule has 0 bridgehead atoms. The number of ether oxygens (including phenoxy) is 1. The smallest absolute Gasteiger partial charge is 0.233 e. The Hall–Kier alpha value is -1.59. The normalized spacial score (nSPS) is 12.2. The second-order valence-electron chi connectivity index (χ2n) is 5.61. The molecule has 0 aliphatic rings. The summed E-state index contributed by atoms with van der Waals surface area (Å²) in [5, 5.41) is 15.5. The molecule has 0 saturated heterocycles. The Labute approximate surface area is 126 Å². The lowest BCUT2D eigenvalue weighted by Gasteiger charge is -2.13. The molecule has 3 N–H and O–H groups in total. The van der Waals surface area contributed by atoms with Gasteiger partial charge >= 0.3 is 0 Å². The summed E-state index contributed by atoms with van der Waals surface area (Å²) in [5.41, 5.74) is 1.16. The van der Waals surface area contributed by atoms with Crippen molar-refractivity contribution >= 4 is 5.91 Å². The zero-order valence-electron chi connectivity index (χ0n) is 13.1. The average Bonchev–Trinajstić information content (AvgIpc) is 2.44. The van der Waals surface area contributed by atoms with Crippen LogP contribution in [-0.2, 0) is 4.79 Å². The number of carbonyl (C=O) groups excluding carboxylic acids is 1. The van der Waals surface area contributed by atoms with Crippen LogP contribution in [0.4, 0.5) is 0 Å². The van der Waals surface area contributed by atoms with Gasteiger partial charge in [0.1, 0.15) is 18.5 Å². The molecule has 1 aromatic rings. The molecule has 0 saturated carbocycles. The van der Waals surface area contributed by atoms with Crippen LogP contribution in [0.5, 0.6) is 5.75 Å². The molecule has 1 amide bonds. The van der Waals surface area contributed by atoms with Crippen LogP contribution in [0.15, 0.2) is 24.3 Å². The fraction of sp³-hybridized carbons (Fsp3) is 0.562. The summed E-state index contributed by atoms with van der Waals surface area (Å²) in [7, 11) is 0. The zero-order valence-corrected chi connectivity index (χ0v) is 13.1. The van der Waals surface area contributed by atoms with E-state index in [-0.39, 0.29) is 19.1 Å². The first-order valence-electron chi connectivity index (χ1n) is 7.32. The lowest BCUT2D eigenvalue weighted by molar-refractivity contribution is -0.120. The van der Waals surface area contributed by atoms with Crippen molar-refractivity contribution in [3.8, 4) is 5.75 Å². The number of aryl methyl sites for hydroxylation is 1. The van der Waals surface area contributed by atoms with Gasteiger partial charge in [0, 0.05) is 13.1 Å². The number of amides is 1. The van der Waals surface area contributed by atoms with E-state index in [1.54, 1.807) is 0 Å². The molecule has 21 heavy (non-hydrogen) atoms. The fourth-order valence-corrected chi connectivity index (χ4v) is 1.62. The summed E-state index contributed by atoms with van der Waals surface area (Å²) in [4.78, 5) is 11.5. The number of nitrogens with one attached hydrogen (secondary N) is 2. The van der Waals surface area contributed by atoms with E-state index >= 15 is 0 Å². The summed E-state index contributed by atoms with van der Waals surface area (Å²) < 4.78 is 5.47. The molecule has 1 aromatic carbocycles. The molecule has 0 spiro atoms. The van der Waals surface area contributed by atoms with Crippen LogP contribution >= 0.6 is 0 Å². The van der Waals surface area contributed by atoms with Crippen molar-refractivity contribution in [2.75, 3.05) is 26.2 Å². The predicted octanol–water partition coefficient (Wildman–Crippen LogP) is 1.10. The third-order valence-corrected chi connectivity index (χ3v) is 2.84. The summed E-state index contributed by atoms with van der Waals surface area (Å²) in [6, 6.07) is 7.65. The standard InChI is InChI=1S/C16H26N2O3/c1-12(2)8-18-16(20)10-17-9-14(19)11-21-15-6-4-13(3)5-7-15/h4-7,12,14,17,19H,8-11H2,1-3H3,(H,18,20). The Kier molecular flexibility index (Phi) is 7.79. The molecule has 1 rings (SSSR count). The number of benzene rings is 1. The summed E-state index contributed by atoms with van der Waals surface area (Å²) >= 11 is 0. The van der Waals surface area contributed by atoms with Crippen LogP contribution in [0.1, 0.15) is 19.4 Å². The van der Waals surface area contributed by atoms with Crippen LogP contribution in [0.3, 0.4) is 0 Å². The van der Waals surface area contributed by atoms with E-state index in [1.165, 1.54) is 0 Å². The first-order valence-corrected chi connectivity index (χ1v) is 7.32. The predicted molar refractivity (Wildman–Crippen MR) is 83.4 cm³/mol. The minimum atomic E-state index is -0.649. The highest BCUT2D eigenvalue weighted by Crippen LogP contribution is 2.11. The van der Waals surface area contributed by atoms with Crippen molar-refractivity contribution in [3.63, 3.8) is 0 Å².